The summed E-state index contributed by atoms with van der Waals surface area (Å²) in [6, 6.07) is 22.7. The maximum absolute atomic E-state index is 5.90. The highest BCUT2D eigenvalue weighted by Gasteiger charge is 2.42. The van der Waals surface area contributed by atoms with Gasteiger partial charge in [0, 0.05) is 23.3 Å². The molecule has 2 aromatic heterocycles. The summed E-state index contributed by atoms with van der Waals surface area (Å²) >= 11 is 5.90. The zero-order chi connectivity index (χ0) is 24.7. The first-order valence-electron chi connectivity index (χ1n) is 11.8. The first-order chi connectivity index (χ1) is 16.9. The fraction of sp³-hybridized carbons (Fsp3) is 0.241. The molecule has 4 aromatic rings. The number of benzene rings is 2. The van der Waals surface area contributed by atoms with E-state index in [9.17, 15) is 0 Å². The molecule has 178 valence electrons. The van der Waals surface area contributed by atoms with Crippen molar-refractivity contribution in [1.29, 1.82) is 0 Å². The number of pyridine rings is 1. The number of aromatic nitrogens is 2. The van der Waals surface area contributed by atoms with E-state index in [1.807, 2.05) is 30.5 Å². The molecule has 1 aliphatic rings. The Bertz CT molecular complexity index is 1360. The van der Waals surface area contributed by atoms with Gasteiger partial charge in [0.15, 0.2) is 5.11 Å². The number of anilines is 1. The highest BCUT2D eigenvalue weighted by molar-refractivity contribution is 7.80. The molecule has 5 rings (SSSR count). The minimum Gasteiger partial charge on any atom is -0.497 e. The summed E-state index contributed by atoms with van der Waals surface area (Å²) in [5.74, 6) is 0.817. The third kappa shape index (κ3) is 3.98. The molecule has 0 radical (unpaired) electrons. The summed E-state index contributed by atoms with van der Waals surface area (Å²) < 4.78 is 7.77. The normalized spacial score (nSPS) is 17.5. The molecule has 6 heteroatoms. The fourth-order valence-electron chi connectivity index (χ4n) is 5.28. The van der Waals surface area contributed by atoms with Crippen molar-refractivity contribution in [2.75, 3.05) is 12.0 Å². The van der Waals surface area contributed by atoms with Crippen LogP contribution in [0.4, 0.5) is 5.69 Å². The van der Waals surface area contributed by atoms with Gasteiger partial charge in [-0.1, -0.05) is 24.3 Å². The maximum Gasteiger partial charge on any atom is 0.174 e. The van der Waals surface area contributed by atoms with Gasteiger partial charge in [0.05, 0.1) is 30.6 Å². The van der Waals surface area contributed by atoms with Crippen molar-refractivity contribution in [1.82, 2.24) is 14.9 Å². The van der Waals surface area contributed by atoms with Crippen LogP contribution in [0.3, 0.4) is 0 Å². The molecule has 1 N–H and O–H groups in total. The maximum atomic E-state index is 5.90. The number of ether oxygens (including phenoxy) is 1. The molecule has 1 saturated heterocycles. The highest BCUT2D eigenvalue weighted by atomic mass is 32.1. The van der Waals surface area contributed by atoms with E-state index in [0.717, 1.165) is 17.1 Å². The van der Waals surface area contributed by atoms with Gasteiger partial charge in [0.1, 0.15) is 5.75 Å². The molecule has 0 aliphatic carbocycles. The van der Waals surface area contributed by atoms with E-state index in [1.54, 1.807) is 7.11 Å². The number of para-hydroxylation sites is 1. The number of methoxy groups -OCH3 is 1. The molecule has 0 amide bonds. The summed E-state index contributed by atoms with van der Waals surface area (Å²) in [4.78, 5) is 6.91. The van der Waals surface area contributed by atoms with Gasteiger partial charge in [-0.15, -0.1) is 0 Å². The summed E-state index contributed by atoms with van der Waals surface area (Å²) in [5, 5.41) is 4.26. The molecular formula is C29H30N4OS. The topological polar surface area (TPSA) is 42.3 Å². The summed E-state index contributed by atoms with van der Waals surface area (Å²) in [6.45, 7) is 8.73. The van der Waals surface area contributed by atoms with Gasteiger partial charge in [-0.2, -0.15) is 0 Å². The monoisotopic (exact) mass is 482 g/mol. The van der Waals surface area contributed by atoms with Crippen molar-refractivity contribution in [3.8, 4) is 11.4 Å². The number of aryl methyl sites for hydroxylation is 3. The smallest absolute Gasteiger partial charge is 0.174 e. The van der Waals surface area contributed by atoms with Crippen LogP contribution in [0.25, 0.3) is 5.69 Å². The van der Waals surface area contributed by atoms with Gasteiger partial charge in [-0.3, -0.25) is 4.98 Å². The van der Waals surface area contributed by atoms with E-state index in [-0.39, 0.29) is 12.1 Å². The number of nitrogens with one attached hydrogen (secondary N) is 1. The predicted octanol–water partition coefficient (Wildman–Crippen LogP) is 6.29. The second kappa shape index (κ2) is 9.19. The average Bonchev–Trinajstić information content (AvgIpc) is 3.35. The minimum absolute atomic E-state index is 0.0601. The average molecular weight is 483 g/mol. The van der Waals surface area contributed by atoms with Crippen LogP contribution in [0.2, 0.25) is 0 Å². The summed E-state index contributed by atoms with van der Waals surface area (Å²) in [5.41, 5.74) is 9.37. The van der Waals surface area contributed by atoms with Crippen LogP contribution >= 0.6 is 12.2 Å². The lowest BCUT2D eigenvalue weighted by Crippen LogP contribution is -2.29. The fourth-order valence-corrected chi connectivity index (χ4v) is 5.63. The highest BCUT2D eigenvalue weighted by Crippen LogP contribution is 2.44. The van der Waals surface area contributed by atoms with Gasteiger partial charge >= 0.3 is 0 Å². The van der Waals surface area contributed by atoms with Crippen molar-refractivity contribution >= 4 is 23.0 Å². The van der Waals surface area contributed by atoms with Gasteiger partial charge in [-0.05, 0) is 99.1 Å². The Hall–Kier alpha value is -3.64. The van der Waals surface area contributed by atoms with Crippen LogP contribution in [-0.4, -0.2) is 21.8 Å². The number of nitrogens with zero attached hydrogens (tertiary/aromatic N) is 3. The number of thiocarbonyl (C=S) groups is 1. The van der Waals surface area contributed by atoms with Crippen molar-refractivity contribution in [2.45, 2.75) is 39.8 Å². The lowest BCUT2D eigenvalue weighted by Gasteiger charge is -2.28. The standard InChI is InChI=1S/C29H30N4OS/c1-18-9-8-10-19(2)27(18)32-20(3)17-24(21(32)4)28-26(25-11-6-7-16-30-25)31-29(35)33(28)22-12-14-23(34-5)15-13-22/h6-17,26,28H,1-5H3,(H,31,35)/t26-,28-/m1/s1. The van der Waals surface area contributed by atoms with Gasteiger partial charge in [-0.25, -0.2) is 0 Å². The minimum atomic E-state index is -0.0854. The first-order valence-corrected chi connectivity index (χ1v) is 12.2. The number of rotatable bonds is 5. The van der Waals surface area contributed by atoms with Crippen LogP contribution < -0.4 is 15.0 Å². The lowest BCUT2D eigenvalue weighted by atomic mass is 9.96. The zero-order valence-corrected chi connectivity index (χ0v) is 21.6. The van der Waals surface area contributed by atoms with Gasteiger partial charge in [0.25, 0.3) is 0 Å². The molecule has 1 fully saturated rings. The van der Waals surface area contributed by atoms with E-state index in [4.69, 9.17) is 21.9 Å². The predicted molar refractivity (Wildman–Crippen MR) is 146 cm³/mol. The Morgan fingerprint density at radius 3 is 2.26 bits per heavy atom. The molecule has 0 bridgehead atoms. The number of hydrogen-bond acceptors (Lipinski definition) is 3. The molecule has 3 heterocycles. The second-order valence-corrected chi connectivity index (χ2v) is 9.48. The van der Waals surface area contributed by atoms with Gasteiger partial charge in [0.2, 0.25) is 0 Å². The van der Waals surface area contributed by atoms with Crippen molar-refractivity contribution in [3.63, 3.8) is 0 Å². The van der Waals surface area contributed by atoms with E-state index in [2.05, 4.69) is 84.9 Å². The molecule has 35 heavy (non-hydrogen) atoms. The van der Waals surface area contributed by atoms with Crippen LogP contribution in [0.1, 0.15) is 45.9 Å². The van der Waals surface area contributed by atoms with E-state index in [1.165, 1.54) is 33.8 Å². The Labute approximate surface area is 212 Å². The molecule has 1 aliphatic heterocycles. The molecular weight excluding hydrogens is 452 g/mol. The van der Waals surface area contributed by atoms with Crippen molar-refractivity contribution in [3.05, 3.63) is 107 Å². The first kappa shape index (κ1) is 23.1. The Balaban J connectivity index is 1.69. The van der Waals surface area contributed by atoms with Crippen molar-refractivity contribution < 1.29 is 4.74 Å². The van der Waals surface area contributed by atoms with Crippen LogP contribution in [0.5, 0.6) is 5.75 Å². The van der Waals surface area contributed by atoms with Gasteiger partial charge < -0.3 is 19.5 Å². The molecule has 0 unspecified atom stereocenters. The summed E-state index contributed by atoms with van der Waals surface area (Å²) in [6.07, 6.45) is 1.84. The van der Waals surface area contributed by atoms with E-state index < -0.39 is 0 Å². The van der Waals surface area contributed by atoms with E-state index >= 15 is 0 Å². The Morgan fingerprint density at radius 2 is 1.63 bits per heavy atom. The molecule has 0 spiro atoms. The summed E-state index contributed by atoms with van der Waals surface area (Å²) in [7, 11) is 1.68. The second-order valence-electron chi connectivity index (χ2n) is 9.10. The lowest BCUT2D eigenvalue weighted by molar-refractivity contribution is 0.415. The molecule has 5 nitrogen and oxygen atoms in total. The van der Waals surface area contributed by atoms with Crippen LogP contribution in [-0.2, 0) is 0 Å². The Morgan fingerprint density at radius 1 is 0.914 bits per heavy atom. The number of hydrogen-bond donors (Lipinski definition) is 1. The zero-order valence-electron chi connectivity index (χ0n) is 20.7. The SMILES string of the molecule is COc1ccc(N2C(=S)N[C@H](c3ccccn3)[C@H]2c2cc(C)n(-c3c(C)cccc3C)c2C)cc1. The molecule has 2 aromatic carbocycles. The van der Waals surface area contributed by atoms with Crippen LogP contribution in [0.15, 0.2) is 72.9 Å². The third-order valence-corrected chi connectivity index (χ3v) is 7.22. The quantitative estimate of drug-likeness (QED) is 0.339. The van der Waals surface area contributed by atoms with Crippen molar-refractivity contribution in [2.24, 2.45) is 0 Å². The van der Waals surface area contributed by atoms with Crippen LogP contribution in [0, 0.1) is 27.7 Å². The third-order valence-electron chi connectivity index (χ3n) is 6.90. The molecule has 0 saturated carbocycles. The largest absolute Gasteiger partial charge is 0.497 e. The Kier molecular flexibility index (Phi) is 6.07. The molecule has 2 atom stereocenters. The van der Waals surface area contributed by atoms with E-state index in [0.29, 0.717) is 5.11 Å².